The van der Waals surface area contributed by atoms with Crippen molar-refractivity contribution < 1.29 is 9.47 Å². The van der Waals surface area contributed by atoms with E-state index in [-0.39, 0.29) is 6.04 Å². The van der Waals surface area contributed by atoms with Crippen LogP contribution in [0.4, 0.5) is 5.95 Å². The van der Waals surface area contributed by atoms with Crippen LogP contribution >= 0.6 is 11.6 Å². The molecule has 0 aliphatic heterocycles. The van der Waals surface area contributed by atoms with E-state index in [1.807, 2.05) is 6.92 Å². The topological polar surface area (TPSA) is 56.3 Å². The highest BCUT2D eigenvalue weighted by Crippen LogP contribution is 2.19. The molecule has 0 aromatic carbocycles. The Kier molecular flexibility index (Phi) is 5.28. The molecular formula is C11H18ClN3O2. The SMILES string of the molecule is COc1cc(OC)nc(NC(C)C(C)CCl)n1. The molecule has 0 aliphatic carbocycles. The number of aromatic nitrogens is 2. The summed E-state index contributed by atoms with van der Waals surface area (Å²) in [5.41, 5.74) is 0. The number of rotatable bonds is 6. The first-order chi connectivity index (χ1) is 8.10. The Bertz CT molecular complexity index is 340. The Hall–Kier alpha value is -1.23. The van der Waals surface area contributed by atoms with Crippen LogP contribution in [0.25, 0.3) is 0 Å². The first kappa shape index (κ1) is 13.8. The number of alkyl halides is 1. The molecule has 96 valence electrons. The average Bonchev–Trinajstić information content (AvgIpc) is 2.36. The third-order valence-electron chi connectivity index (χ3n) is 2.55. The summed E-state index contributed by atoms with van der Waals surface area (Å²) in [5, 5.41) is 3.18. The highest BCUT2D eigenvalue weighted by atomic mass is 35.5. The first-order valence-electron chi connectivity index (χ1n) is 5.40. The summed E-state index contributed by atoms with van der Waals surface area (Å²) in [6.07, 6.45) is 0. The van der Waals surface area contributed by atoms with E-state index in [4.69, 9.17) is 21.1 Å². The van der Waals surface area contributed by atoms with Crippen LogP contribution in [0.1, 0.15) is 13.8 Å². The molecule has 1 N–H and O–H groups in total. The minimum Gasteiger partial charge on any atom is -0.481 e. The van der Waals surface area contributed by atoms with Gasteiger partial charge in [-0.1, -0.05) is 6.92 Å². The van der Waals surface area contributed by atoms with Crippen LogP contribution in [0.5, 0.6) is 11.8 Å². The number of ether oxygens (including phenoxy) is 2. The molecule has 1 aromatic heterocycles. The van der Waals surface area contributed by atoms with Gasteiger partial charge >= 0.3 is 0 Å². The van der Waals surface area contributed by atoms with E-state index in [1.54, 1.807) is 20.3 Å². The van der Waals surface area contributed by atoms with Gasteiger partial charge in [-0.15, -0.1) is 11.6 Å². The molecule has 0 saturated heterocycles. The second kappa shape index (κ2) is 6.49. The van der Waals surface area contributed by atoms with Crippen LogP contribution in [0.2, 0.25) is 0 Å². The predicted octanol–water partition coefficient (Wildman–Crippen LogP) is 2.17. The van der Waals surface area contributed by atoms with Gasteiger partial charge in [0, 0.05) is 11.9 Å². The van der Waals surface area contributed by atoms with Gasteiger partial charge in [-0.05, 0) is 12.8 Å². The van der Waals surface area contributed by atoms with E-state index in [1.165, 1.54) is 0 Å². The van der Waals surface area contributed by atoms with Crippen molar-refractivity contribution >= 4 is 17.5 Å². The van der Waals surface area contributed by atoms with Crippen LogP contribution in [0, 0.1) is 5.92 Å². The normalized spacial score (nSPS) is 13.9. The minimum absolute atomic E-state index is 0.171. The zero-order valence-electron chi connectivity index (χ0n) is 10.5. The maximum absolute atomic E-state index is 5.80. The van der Waals surface area contributed by atoms with Gasteiger partial charge < -0.3 is 14.8 Å². The van der Waals surface area contributed by atoms with E-state index in [2.05, 4.69) is 22.2 Å². The van der Waals surface area contributed by atoms with Crippen LogP contribution in [-0.4, -0.2) is 36.1 Å². The van der Waals surface area contributed by atoms with Crippen molar-refractivity contribution in [2.24, 2.45) is 5.92 Å². The summed E-state index contributed by atoms with van der Waals surface area (Å²) >= 11 is 5.80. The Morgan fingerprint density at radius 2 is 1.76 bits per heavy atom. The lowest BCUT2D eigenvalue weighted by atomic mass is 10.1. The molecule has 5 nitrogen and oxygen atoms in total. The molecule has 0 fully saturated rings. The van der Waals surface area contributed by atoms with Gasteiger partial charge in [-0.2, -0.15) is 9.97 Å². The molecule has 17 heavy (non-hydrogen) atoms. The third kappa shape index (κ3) is 3.93. The van der Waals surface area contributed by atoms with Gasteiger partial charge in [-0.25, -0.2) is 0 Å². The Labute approximate surface area is 107 Å². The zero-order valence-corrected chi connectivity index (χ0v) is 11.3. The number of anilines is 1. The molecule has 1 rings (SSSR count). The summed E-state index contributed by atoms with van der Waals surface area (Å²) in [5.74, 6) is 2.30. The summed E-state index contributed by atoms with van der Waals surface area (Å²) in [6, 6.07) is 1.80. The lowest BCUT2D eigenvalue weighted by Gasteiger charge is -2.19. The van der Waals surface area contributed by atoms with E-state index < -0.39 is 0 Å². The molecular weight excluding hydrogens is 242 g/mol. The number of methoxy groups -OCH3 is 2. The number of nitrogens with one attached hydrogen (secondary N) is 1. The van der Waals surface area contributed by atoms with Crippen LogP contribution in [0.15, 0.2) is 6.07 Å². The molecule has 0 amide bonds. The third-order valence-corrected chi connectivity index (χ3v) is 3.04. The van der Waals surface area contributed by atoms with E-state index in [0.29, 0.717) is 29.5 Å². The van der Waals surface area contributed by atoms with Crippen LogP contribution < -0.4 is 14.8 Å². The number of hydrogen-bond donors (Lipinski definition) is 1. The minimum atomic E-state index is 0.171. The van der Waals surface area contributed by atoms with Gasteiger partial charge in [0.25, 0.3) is 0 Å². The maximum Gasteiger partial charge on any atom is 0.229 e. The van der Waals surface area contributed by atoms with E-state index in [0.717, 1.165) is 0 Å². The second-order valence-corrected chi connectivity index (χ2v) is 4.15. The zero-order chi connectivity index (χ0) is 12.8. The summed E-state index contributed by atoms with van der Waals surface area (Å²) < 4.78 is 10.1. The van der Waals surface area contributed by atoms with Crippen molar-refractivity contribution in [3.05, 3.63) is 6.07 Å². The molecule has 1 aromatic rings. The Balaban J connectivity index is 2.82. The second-order valence-electron chi connectivity index (χ2n) is 3.84. The fraction of sp³-hybridized carbons (Fsp3) is 0.636. The molecule has 2 unspecified atom stereocenters. The van der Waals surface area contributed by atoms with Crippen molar-refractivity contribution in [3.63, 3.8) is 0 Å². The maximum atomic E-state index is 5.80. The lowest BCUT2D eigenvalue weighted by molar-refractivity contribution is 0.372. The van der Waals surface area contributed by atoms with Gasteiger partial charge in [0.15, 0.2) is 0 Å². The highest BCUT2D eigenvalue weighted by Gasteiger charge is 2.13. The molecule has 6 heteroatoms. The summed E-state index contributed by atoms with van der Waals surface area (Å²) in [4.78, 5) is 8.38. The van der Waals surface area contributed by atoms with Crippen molar-refractivity contribution in [1.82, 2.24) is 9.97 Å². The van der Waals surface area contributed by atoms with Crippen LogP contribution in [0.3, 0.4) is 0 Å². The number of nitrogens with zero attached hydrogens (tertiary/aromatic N) is 2. The van der Waals surface area contributed by atoms with Crippen molar-refractivity contribution in [2.45, 2.75) is 19.9 Å². The highest BCUT2D eigenvalue weighted by molar-refractivity contribution is 6.18. The van der Waals surface area contributed by atoms with Gasteiger partial charge in [0.1, 0.15) is 0 Å². The summed E-state index contributed by atoms with van der Waals surface area (Å²) in [6.45, 7) is 4.09. The van der Waals surface area contributed by atoms with Gasteiger partial charge in [0.05, 0.1) is 20.3 Å². The number of hydrogen-bond acceptors (Lipinski definition) is 5. The van der Waals surface area contributed by atoms with Crippen molar-refractivity contribution in [3.8, 4) is 11.8 Å². The van der Waals surface area contributed by atoms with Gasteiger partial charge in [-0.3, -0.25) is 0 Å². The Morgan fingerprint density at radius 3 is 2.18 bits per heavy atom. The molecule has 0 saturated carbocycles. The Morgan fingerprint density at radius 1 is 1.24 bits per heavy atom. The molecule has 1 heterocycles. The fourth-order valence-corrected chi connectivity index (χ4v) is 1.42. The average molecular weight is 260 g/mol. The van der Waals surface area contributed by atoms with Crippen molar-refractivity contribution in [1.29, 1.82) is 0 Å². The molecule has 2 atom stereocenters. The molecule has 0 radical (unpaired) electrons. The lowest BCUT2D eigenvalue weighted by Crippen LogP contribution is -2.26. The summed E-state index contributed by atoms with van der Waals surface area (Å²) in [7, 11) is 3.10. The fourth-order valence-electron chi connectivity index (χ4n) is 1.16. The molecule has 0 bridgehead atoms. The standard InChI is InChI=1S/C11H18ClN3O2/c1-7(6-12)8(2)13-11-14-9(16-3)5-10(15-11)17-4/h5,7-8H,6H2,1-4H3,(H,13,14,15). The predicted molar refractivity (Wildman–Crippen MR) is 68.1 cm³/mol. The van der Waals surface area contributed by atoms with E-state index in [9.17, 15) is 0 Å². The quantitative estimate of drug-likeness (QED) is 0.794. The first-order valence-corrected chi connectivity index (χ1v) is 5.93. The number of halogens is 1. The van der Waals surface area contributed by atoms with Gasteiger partial charge in [0.2, 0.25) is 17.7 Å². The van der Waals surface area contributed by atoms with Crippen molar-refractivity contribution in [2.75, 3.05) is 25.4 Å². The van der Waals surface area contributed by atoms with E-state index >= 15 is 0 Å². The molecule has 0 spiro atoms. The molecule has 0 aliphatic rings. The smallest absolute Gasteiger partial charge is 0.229 e. The monoisotopic (exact) mass is 259 g/mol. The largest absolute Gasteiger partial charge is 0.481 e. The van der Waals surface area contributed by atoms with Crippen LogP contribution in [-0.2, 0) is 0 Å².